The number of esters is 1. The average molecular weight is 435 g/mol. The highest BCUT2D eigenvalue weighted by Gasteiger charge is 2.63. The minimum absolute atomic E-state index is 0.106. The Morgan fingerprint density at radius 2 is 1.73 bits per heavy atom. The average Bonchev–Trinajstić information content (AvgIpc) is 3.01. The van der Waals surface area contributed by atoms with Gasteiger partial charge in [-0.15, -0.1) is 0 Å². The molecule has 2 aromatic rings. The third-order valence-electron chi connectivity index (χ3n) is 5.87. The summed E-state index contributed by atoms with van der Waals surface area (Å²) in [4.78, 5) is 12.8. The summed E-state index contributed by atoms with van der Waals surface area (Å²) in [6, 6.07) is 11.1. The molecule has 5 atom stereocenters. The number of fused-ring (bicyclic) bond motifs is 2. The maximum absolute atomic E-state index is 12.8. The van der Waals surface area contributed by atoms with Crippen LogP contribution in [0.1, 0.15) is 29.2 Å². The molecule has 4 N–H and O–H groups in total. The molecule has 0 unspecified atom stereocenters. The Labute approximate surface area is 178 Å². The number of aliphatic hydroxyl groups excluding tert-OH is 4. The lowest BCUT2D eigenvalue weighted by atomic mass is 9.80. The second-order valence-electron chi connectivity index (χ2n) is 7.68. The molecule has 2 heterocycles. The lowest BCUT2D eigenvalue weighted by Crippen LogP contribution is -2.65. The van der Waals surface area contributed by atoms with Gasteiger partial charge in [0, 0.05) is 16.7 Å². The van der Waals surface area contributed by atoms with Crippen molar-refractivity contribution in [3.05, 3.63) is 63.7 Å². The van der Waals surface area contributed by atoms with E-state index in [9.17, 15) is 25.2 Å². The molecule has 1 saturated heterocycles. The lowest BCUT2D eigenvalue weighted by molar-refractivity contribution is -0.271. The summed E-state index contributed by atoms with van der Waals surface area (Å²) < 4.78 is 10.9. The Morgan fingerprint density at radius 3 is 2.37 bits per heavy atom. The highest BCUT2D eigenvalue weighted by molar-refractivity contribution is 6.31. The molecule has 4 rings (SSSR count). The summed E-state index contributed by atoms with van der Waals surface area (Å²) in [7, 11) is 0. The monoisotopic (exact) mass is 434 g/mol. The first-order valence-corrected chi connectivity index (χ1v) is 10.2. The van der Waals surface area contributed by atoms with Crippen LogP contribution >= 0.6 is 11.6 Å². The van der Waals surface area contributed by atoms with E-state index in [-0.39, 0.29) is 11.3 Å². The summed E-state index contributed by atoms with van der Waals surface area (Å²) in [5, 5.41) is 40.9. The van der Waals surface area contributed by atoms with E-state index in [0.717, 1.165) is 12.0 Å². The molecule has 0 aromatic heterocycles. The first kappa shape index (κ1) is 21.2. The second-order valence-corrected chi connectivity index (χ2v) is 8.08. The Bertz CT molecular complexity index is 959. The topological polar surface area (TPSA) is 116 Å². The van der Waals surface area contributed by atoms with Crippen molar-refractivity contribution in [1.82, 2.24) is 0 Å². The Morgan fingerprint density at radius 1 is 1.07 bits per heavy atom. The molecule has 2 aliphatic rings. The van der Waals surface area contributed by atoms with Gasteiger partial charge in [-0.1, -0.05) is 42.8 Å². The van der Waals surface area contributed by atoms with Crippen LogP contribution < -0.4 is 4.74 Å². The zero-order valence-electron chi connectivity index (χ0n) is 16.3. The predicted octanol–water partition coefficient (Wildman–Crippen LogP) is 1.08. The molecule has 1 fully saturated rings. The van der Waals surface area contributed by atoms with Gasteiger partial charge >= 0.3 is 5.97 Å². The summed E-state index contributed by atoms with van der Waals surface area (Å²) in [6.45, 7) is 1.42. The van der Waals surface area contributed by atoms with Gasteiger partial charge in [0.2, 0.25) is 5.60 Å². The van der Waals surface area contributed by atoms with Gasteiger partial charge in [0.25, 0.3) is 0 Å². The molecule has 1 spiro atoms. The summed E-state index contributed by atoms with van der Waals surface area (Å²) in [5.41, 5.74) is 1.02. The predicted molar refractivity (Wildman–Crippen MR) is 107 cm³/mol. The van der Waals surface area contributed by atoms with E-state index in [1.165, 1.54) is 11.6 Å². The minimum Gasteiger partial charge on any atom is -0.424 e. The molecule has 30 heavy (non-hydrogen) atoms. The fourth-order valence-corrected chi connectivity index (χ4v) is 4.29. The maximum atomic E-state index is 12.8. The molecule has 160 valence electrons. The van der Waals surface area contributed by atoms with Gasteiger partial charge in [-0.3, -0.25) is 0 Å². The molecule has 0 radical (unpaired) electrons. The molecule has 7 nitrogen and oxygen atoms in total. The van der Waals surface area contributed by atoms with E-state index in [0.29, 0.717) is 17.0 Å². The standard InChI is InChI=1S/C22H23ClO7/c1-2-11-3-5-12(6-4-11)7-13-8-14-16(9-15(13)23)29-21(28)22(14)20(27)19(26)18(25)17(10-24)30-22/h3-6,8-9,17-20,24-27H,2,7,10H2,1H3/t17-,18-,19+,20-,22+/m1/s1. The van der Waals surface area contributed by atoms with Crippen LogP contribution in [0.2, 0.25) is 5.02 Å². The number of hydrogen-bond donors (Lipinski definition) is 4. The molecule has 0 saturated carbocycles. The normalized spacial score (nSPS) is 30.4. The van der Waals surface area contributed by atoms with Crippen molar-refractivity contribution < 1.29 is 34.7 Å². The fourth-order valence-electron chi connectivity index (χ4n) is 4.07. The van der Waals surface area contributed by atoms with Crippen molar-refractivity contribution >= 4 is 17.6 Å². The quantitative estimate of drug-likeness (QED) is 0.420. The van der Waals surface area contributed by atoms with Crippen LogP contribution in [0.3, 0.4) is 0 Å². The van der Waals surface area contributed by atoms with Crippen LogP contribution in [0.5, 0.6) is 5.75 Å². The maximum Gasteiger partial charge on any atom is 0.351 e. The molecule has 8 heteroatoms. The van der Waals surface area contributed by atoms with Crippen LogP contribution in [-0.2, 0) is 28.0 Å². The van der Waals surface area contributed by atoms with Crippen molar-refractivity contribution in [1.29, 1.82) is 0 Å². The van der Waals surface area contributed by atoms with E-state index < -0.39 is 42.6 Å². The van der Waals surface area contributed by atoms with Crippen LogP contribution in [-0.4, -0.2) is 57.4 Å². The Balaban J connectivity index is 1.76. The SMILES string of the molecule is CCc1ccc(Cc2cc3c(cc2Cl)OC(=O)[C@]32O[C@H](CO)[C@@H](O)[C@H](O)[C@H]2O)cc1. The van der Waals surface area contributed by atoms with Crippen molar-refractivity contribution in [3.8, 4) is 5.75 Å². The van der Waals surface area contributed by atoms with Crippen molar-refractivity contribution in [2.24, 2.45) is 0 Å². The molecule has 2 aliphatic heterocycles. The summed E-state index contributed by atoms with van der Waals surface area (Å²) in [5.74, 6) is -0.829. The van der Waals surface area contributed by atoms with Crippen molar-refractivity contribution in [3.63, 3.8) is 0 Å². The van der Waals surface area contributed by atoms with E-state index in [4.69, 9.17) is 21.1 Å². The summed E-state index contributed by atoms with van der Waals surface area (Å²) >= 11 is 6.41. The van der Waals surface area contributed by atoms with Crippen LogP contribution in [0.4, 0.5) is 0 Å². The van der Waals surface area contributed by atoms with Gasteiger partial charge in [-0.25, -0.2) is 4.79 Å². The van der Waals surface area contributed by atoms with Crippen molar-refractivity contribution in [2.45, 2.75) is 49.8 Å². The molecule has 0 amide bonds. The second kappa shape index (κ2) is 7.92. The number of aliphatic hydroxyl groups is 4. The number of benzene rings is 2. The van der Waals surface area contributed by atoms with Crippen LogP contribution in [0, 0.1) is 0 Å². The van der Waals surface area contributed by atoms with Gasteiger partial charge in [0.15, 0.2) is 0 Å². The van der Waals surface area contributed by atoms with Gasteiger partial charge in [0.1, 0.15) is 30.2 Å². The zero-order valence-corrected chi connectivity index (χ0v) is 17.0. The highest BCUT2D eigenvalue weighted by atomic mass is 35.5. The van der Waals surface area contributed by atoms with Crippen LogP contribution in [0.15, 0.2) is 36.4 Å². The zero-order chi connectivity index (χ0) is 21.6. The lowest BCUT2D eigenvalue weighted by Gasteiger charge is -2.44. The van der Waals surface area contributed by atoms with Gasteiger partial charge < -0.3 is 29.9 Å². The number of ether oxygens (including phenoxy) is 2. The van der Waals surface area contributed by atoms with E-state index in [2.05, 4.69) is 6.92 Å². The number of halogens is 1. The first-order chi connectivity index (χ1) is 14.3. The Hall–Kier alpha value is -2.00. The van der Waals surface area contributed by atoms with E-state index >= 15 is 0 Å². The molecule has 0 bridgehead atoms. The number of rotatable bonds is 4. The Kier molecular flexibility index (Phi) is 5.61. The largest absolute Gasteiger partial charge is 0.424 e. The molecule has 2 aromatic carbocycles. The smallest absolute Gasteiger partial charge is 0.351 e. The third-order valence-corrected chi connectivity index (χ3v) is 6.22. The van der Waals surface area contributed by atoms with Crippen LogP contribution in [0.25, 0.3) is 0 Å². The van der Waals surface area contributed by atoms with Crippen molar-refractivity contribution in [2.75, 3.05) is 6.61 Å². The number of carbonyl (C=O) groups excluding carboxylic acids is 1. The molecular weight excluding hydrogens is 412 g/mol. The molecule has 0 aliphatic carbocycles. The first-order valence-electron chi connectivity index (χ1n) is 9.77. The number of carbonyl (C=O) groups is 1. The minimum atomic E-state index is -2.06. The fraction of sp³-hybridized carbons (Fsp3) is 0.409. The van der Waals surface area contributed by atoms with Gasteiger partial charge in [0.05, 0.1) is 6.61 Å². The highest BCUT2D eigenvalue weighted by Crippen LogP contribution is 2.49. The molecular formula is C22H23ClO7. The number of aryl methyl sites for hydroxylation is 1. The van der Waals surface area contributed by atoms with Gasteiger partial charge in [-0.05, 0) is 35.6 Å². The summed E-state index contributed by atoms with van der Waals surface area (Å²) in [6.07, 6.45) is -4.95. The number of hydrogen-bond acceptors (Lipinski definition) is 7. The van der Waals surface area contributed by atoms with E-state index in [1.807, 2.05) is 24.3 Å². The van der Waals surface area contributed by atoms with E-state index in [1.54, 1.807) is 6.07 Å². The third kappa shape index (κ3) is 3.22. The van der Waals surface area contributed by atoms with Gasteiger partial charge in [-0.2, -0.15) is 0 Å².